The lowest BCUT2D eigenvalue weighted by molar-refractivity contribution is 0.0693. The van der Waals surface area contributed by atoms with Crippen molar-refractivity contribution >= 4 is 17.2 Å². The van der Waals surface area contributed by atoms with Gasteiger partial charge in [0.2, 0.25) is 0 Å². The summed E-state index contributed by atoms with van der Waals surface area (Å²) in [6, 6.07) is 13.2. The third-order valence-electron chi connectivity index (χ3n) is 3.15. The number of hydrogen-bond acceptors (Lipinski definition) is 3. The summed E-state index contributed by atoms with van der Waals surface area (Å²) in [4.78, 5) is 15.5. The first-order valence-electron chi connectivity index (χ1n) is 6.19. The summed E-state index contributed by atoms with van der Waals surface area (Å²) in [5.41, 5.74) is 7.87. The van der Waals surface area contributed by atoms with Crippen molar-refractivity contribution in [3.63, 3.8) is 0 Å². The molecule has 2 heterocycles. The highest BCUT2D eigenvalue weighted by molar-refractivity contribution is 5.94. The third-order valence-corrected chi connectivity index (χ3v) is 3.15. The number of fused-ring (bicyclic) bond motifs is 1. The summed E-state index contributed by atoms with van der Waals surface area (Å²) in [6.07, 6.45) is 2.32. The average Bonchev–Trinajstić information content (AvgIpc) is 2.78. The summed E-state index contributed by atoms with van der Waals surface area (Å²) in [5, 5.41) is 9.24. The van der Waals surface area contributed by atoms with Crippen LogP contribution < -0.4 is 5.73 Å². The zero-order valence-corrected chi connectivity index (χ0v) is 10.7. The average molecular weight is 267 g/mol. The Morgan fingerprint density at radius 2 is 2.00 bits per heavy atom. The lowest BCUT2D eigenvalue weighted by Gasteiger charge is -2.02. The van der Waals surface area contributed by atoms with Crippen molar-refractivity contribution in [1.82, 2.24) is 9.38 Å². The van der Waals surface area contributed by atoms with Gasteiger partial charge in [-0.2, -0.15) is 0 Å². The minimum Gasteiger partial charge on any atom is -0.476 e. The molecule has 0 radical (unpaired) electrons. The molecule has 2 aromatic heterocycles. The van der Waals surface area contributed by atoms with Crippen molar-refractivity contribution in [3.05, 3.63) is 65.7 Å². The highest BCUT2D eigenvalue weighted by atomic mass is 16.4. The van der Waals surface area contributed by atoms with E-state index in [2.05, 4.69) is 4.98 Å². The van der Waals surface area contributed by atoms with Crippen LogP contribution in [0.15, 0.2) is 48.7 Å². The van der Waals surface area contributed by atoms with Crippen molar-refractivity contribution in [2.45, 2.75) is 6.42 Å². The number of carboxylic acid groups (broad SMARTS) is 1. The van der Waals surface area contributed by atoms with Crippen molar-refractivity contribution in [3.8, 4) is 0 Å². The van der Waals surface area contributed by atoms with E-state index in [1.165, 1.54) is 0 Å². The number of aromatic nitrogens is 2. The van der Waals surface area contributed by atoms with Crippen molar-refractivity contribution < 1.29 is 9.90 Å². The predicted molar refractivity (Wildman–Crippen MR) is 75.8 cm³/mol. The van der Waals surface area contributed by atoms with E-state index in [1.54, 1.807) is 22.7 Å². The van der Waals surface area contributed by atoms with Gasteiger partial charge >= 0.3 is 5.97 Å². The van der Waals surface area contributed by atoms with Crippen LogP contribution in [0.25, 0.3) is 5.52 Å². The molecule has 0 amide bonds. The van der Waals surface area contributed by atoms with E-state index in [0.717, 1.165) is 5.56 Å². The second kappa shape index (κ2) is 4.70. The molecule has 1 aromatic carbocycles. The van der Waals surface area contributed by atoms with E-state index >= 15 is 0 Å². The molecule has 5 nitrogen and oxygen atoms in total. The number of carboxylic acids is 1. The first-order valence-corrected chi connectivity index (χ1v) is 6.19. The number of pyridine rings is 1. The van der Waals surface area contributed by atoms with Crippen LogP contribution in [0.5, 0.6) is 0 Å². The number of rotatable bonds is 3. The van der Waals surface area contributed by atoms with E-state index in [0.29, 0.717) is 23.4 Å². The standard InChI is InChI=1S/C15H13N3O2/c16-11-6-7-18-12(9-11)14(15(19)20)17-13(18)8-10-4-2-1-3-5-10/h1-7,9H,8,16H2,(H,19,20). The van der Waals surface area contributed by atoms with Gasteiger partial charge in [0.05, 0.1) is 5.52 Å². The van der Waals surface area contributed by atoms with Crippen LogP contribution in [-0.4, -0.2) is 20.5 Å². The van der Waals surface area contributed by atoms with Crippen LogP contribution in [-0.2, 0) is 6.42 Å². The number of hydrogen-bond donors (Lipinski definition) is 2. The Kier molecular flexibility index (Phi) is 2.87. The van der Waals surface area contributed by atoms with E-state index in [9.17, 15) is 9.90 Å². The molecule has 5 heteroatoms. The Morgan fingerprint density at radius 1 is 1.25 bits per heavy atom. The van der Waals surface area contributed by atoms with Gasteiger partial charge in [0.15, 0.2) is 5.69 Å². The van der Waals surface area contributed by atoms with E-state index in [1.807, 2.05) is 30.3 Å². The number of imidazole rings is 1. The molecular formula is C15H13N3O2. The Labute approximate surface area is 115 Å². The maximum absolute atomic E-state index is 11.3. The van der Waals surface area contributed by atoms with Gasteiger partial charge in [0.25, 0.3) is 0 Å². The Bertz CT molecular complexity index is 778. The molecule has 0 bridgehead atoms. The molecule has 0 aliphatic carbocycles. The summed E-state index contributed by atoms with van der Waals surface area (Å²) < 4.78 is 1.77. The molecule has 100 valence electrons. The van der Waals surface area contributed by atoms with Gasteiger partial charge in [-0.1, -0.05) is 30.3 Å². The number of anilines is 1. The molecular weight excluding hydrogens is 254 g/mol. The highest BCUT2D eigenvalue weighted by Crippen LogP contribution is 2.18. The summed E-state index contributed by atoms with van der Waals surface area (Å²) >= 11 is 0. The maximum Gasteiger partial charge on any atom is 0.356 e. The number of benzene rings is 1. The second-order valence-electron chi connectivity index (χ2n) is 4.56. The molecule has 0 spiro atoms. The van der Waals surface area contributed by atoms with Crippen molar-refractivity contribution in [1.29, 1.82) is 0 Å². The molecule has 3 N–H and O–H groups in total. The molecule has 3 aromatic rings. The Morgan fingerprint density at radius 3 is 2.70 bits per heavy atom. The normalized spacial score (nSPS) is 10.8. The summed E-state index contributed by atoms with van der Waals surface area (Å²) in [6.45, 7) is 0. The minimum absolute atomic E-state index is 0.0308. The maximum atomic E-state index is 11.3. The van der Waals surface area contributed by atoms with Crippen molar-refractivity contribution in [2.75, 3.05) is 5.73 Å². The van der Waals surface area contributed by atoms with E-state index in [-0.39, 0.29) is 5.69 Å². The molecule has 0 saturated heterocycles. The first kappa shape index (κ1) is 12.2. The zero-order valence-electron chi connectivity index (χ0n) is 10.7. The molecule has 0 saturated carbocycles. The topological polar surface area (TPSA) is 80.6 Å². The number of aromatic carboxylic acids is 1. The van der Waals surface area contributed by atoms with Crippen LogP contribution in [0.1, 0.15) is 21.9 Å². The van der Waals surface area contributed by atoms with Gasteiger partial charge in [-0.3, -0.25) is 0 Å². The third kappa shape index (κ3) is 2.09. The largest absolute Gasteiger partial charge is 0.476 e. The summed E-state index contributed by atoms with van der Waals surface area (Å²) in [5.74, 6) is -0.365. The van der Waals surface area contributed by atoms with Crippen LogP contribution in [0.3, 0.4) is 0 Å². The Balaban J connectivity index is 2.14. The molecule has 0 fully saturated rings. The Hall–Kier alpha value is -2.82. The van der Waals surface area contributed by atoms with Gasteiger partial charge < -0.3 is 15.2 Å². The lowest BCUT2D eigenvalue weighted by Crippen LogP contribution is -1.98. The molecule has 0 aliphatic heterocycles. The second-order valence-corrected chi connectivity index (χ2v) is 4.56. The van der Waals surface area contributed by atoms with Gasteiger partial charge in [-0.05, 0) is 17.7 Å². The van der Waals surface area contributed by atoms with Gasteiger partial charge in [-0.25, -0.2) is 9.78 Å². The van der Waals surface area contributed by atoms with Gasteiger partial charge in [0, 0.05) is 18.3 Å². The minimum atomic E-state index is -1.05. The van der Waals surface area contributed by atoms with Crippen molar-refractivity contribution in [2.24, 2.45) is 0 Å². The van der Waals surface area contributed by atoms with E-state index in [4.69, 9.17) is 5.73 Å². The number of nitrogens with two attached hydrogens (primary N) is 1. The zero-order chi connectivity index (χ0) is 14.1. The summed E-state index contributed by atoms with van der Waals surface area (Å²) in [7, 11) is 0. The van der Waals surface area contributed by atoms with Crippen LogP contribution >= 0.6 is 0 Å². The molecule has 0 aliphatic rings. The predicted octanol–water partition coefficient (Wildman–Crippen LogP) is 2.21. The number of carbonyl (C=O) groups is 1. The smallest absolute Gasteiger partial charge is 0.356 e. The number of nitrogen functional groups attached to an aromatic ring is 1. The SMILES string of the molecule is Nc1ccn2c(Cc3ccccc3)nc(C(=O)O)c2c1. The first-order chi connectivity index (χ1) is 9.65. The van der Waals surface area contributed by atoms with Crippen LogP contribution in [0.2, 0.25) is 0 Å². The van der Waals surface area contributed by atoms with Gasteiger partial charge in [0.1, 0.15) is 5.82 Å². The molecule has 20 heavy (non-hydrogen) atoms. The lowest BCUT2D eigenvalue weighted by atomic mass is 10.1. The van der Waals surface area contributed by atoms with Crippen LogP contribution in [0, 0.1) is 0 Å². The van der Waals surface area contributed by atoms with E-state index < -0.39 is 5.97 Å². The quantitative estimate of drug-likeness (QED) is 0.762. The molecule has 0 atom stereocenters. The highest BCUT2D eigenvalue weighted by Gasteiger charge is 2.16. The van der Waals surface area contributed by atoms with Gasteiger partial charge in [-0.15, -0.1) is 0 Å². The van der Waals surface area contributed by atoms with Crippen LogP contribution in [0.4, 0.5) is 5.69 Å². The molecule has 0 unspecified atom stereocenters. The monoisotopic (exact) mass is 267 g/mol. The molecule has 3 rings (SSSR count). The number of nitrogens with zero attached hydrogens (tertiary/aromatic N) is 2. The fourth-order valence-corrected chi connectivity index (χ4v) is 2.22. The fraction of sp³-hybridized carbons (Fsp3) is 0.0667. The fourth-order valence-electron chi connectivity index (χ4n) is 2.22.